The third-order valence-corrected chi connectivity index (χ3v) is 4.77. The lowest BCUT2D eigenvalue weighted by atomic mass is 9.54. The quantitative estimate of drug-likeness (QED) is 0.783. The SMILES string of the molecule is CCOC1CC(NC(=O)c2cccc(OC(C)C)n2)(C(=O)O)C1(C)C. The van der Waals surface area contributed by atoms with Crippen molar-refractivity contribution < 1.29 is 24.2 Å². The number of carboxylic acid groups (broad SMARTS) is 1. The van der Waals surface area contributed by atoms with E-state index in [0.29, 0.717) is 12.5 Å². The summed E-state index contributed by atoms with van der Waals surface area (Å²) < 4.78 is 11.1. The number of nitrogens with one attached hydrogen (secondary N) is 1. The molecule has 7 heteroatoms. The van der Waals surface area contributed by atoms with Crippen LogP contribution in [0.15, 0.2) is 18.2 Å². The molecule has 2 atom stereocenters. The fourth-order valence-corrected chi connectivity index (χ4v) is 3.14. The van der Waals surface area contributed by atoms with Crippen molar-refractivity contribution in [2.24, 2.45) is 5.41 Å². The van der Waals surface area contributed by atoms with Crippen LogP contribution in [0.3, 0.4) is 0 Å². The Kier molecular flexibility index (Phi) is 5.37. The van der Waals surface area contributed by atoms with Crippen LogP contribution < -0.4 is 10.1 Å². The Labute approximate surface area is 147 Å². The fourth-order valence-electron chi connectivity index (χ4n) is 3.14. The van der Waals surface area contributed by atoms with Crippen molar-refractivity contribution in [1.82, 2.24) is 10.3 Å². The molecule has 1 saturated carbocycles. The van der Waals surface area contributed by atoms with Crippen molar-refractivity contribution in [3.05, 3.63) is 23.9 Å². The van der Waals surface area contributed by atoms with Gasteiger partial charge < -0.3 is 19.9 Å². The van der Waals surface area contributed by atoms with Gasteiger partial charge in [0, 0.05) is 24.5 Å². The normalized spacial score (nSPS) is 24.5. The highest BCUT2D eigenvalue weighted by Crippen LogP contribution is 2.51. The summed E-state index contributed by atoms with van der Waals surface area (Å²) in [5.41, 5.74) is -2.01. The van der Waals surface area contributed by atoms with Gasteiger partial charge in [-0.1, -0.05) is 19.9 Å². The lowest BCUT2D eigenvalue weighted by Crippen LogP contribution is -2.76. The molecule has 2 unspecified atom stereocenters. The number of rotatable bonds is 7. The highest BCUT2D eigenvalue weighted by Gasteiger charge is 2.66. The molecule has 0 bridgehead atoms. The topological polar surface area (TPSA) is 97.8 Å². The minimum Gasteiger partial charge on any atom is -0.479 e. The third-order valence-electron chi connectivity index (χ3n) is 4.77. The van der Waals surface area contributed by atoms with Crippen LogP contribution in [0, 0.1) is 5.41 Å². The average Bonchev–Trinajstić information content (AvgIpc) is 2.52. The van der Waals surface area contributed by atoms with Gasteiger partial charge in [-0.2, -0.15) is 0 Å². The fraction of sp³-hybridized carbons (Fsp3) is 0.611. The molecule has 25 heavy (non-hydrogen) atoms. The first kappa shape index (κ1) is 19.2. The van der Waals surface area contributed by atoms with E-state index < -0.39 is 22.8 Å². The molecule has 2 rings (SSSR count). The minimum atomic E-state index is -1.39. The maximum Gasteiger partial charge on any atom is 0.330 e. The molecule has 0 spiro atoms. The number of nitrogens with zero attached hydrogens (tertiary/aromatic N) is 1. The van der Waals surface area contributed by atoms with Crippen molar-refractivity contribution in [3.8, 4) is 5.88 Å². The number of amides is 1. The van der Waals surface area contributed by atoms with E-state index >= 15 is 0 Å². The van der Waals surface area contributed by atoms with Crippen molar-refractivity contribution in [3.63, 3.8) is 0 Å². The second kappa shape index (κ2) is 7.00. The van der Waals surface area contributed by atoms with Gasteiger partial charge in [0.1, 0.15) is 11.2 Å². The molecule has 2 N–H and O–H groups in total. The maximum absolute atomic E-state index is 12.6. The summed E-state index contributed by atoms with van der Waals surface area (Å²) >= 11 is 0. The second-order valence-electron chi connectivity index (χ2n) is 7.06. The summed E-state index contributed by atoms with van der Waals surface area (Å²) in [6.45, 7) is 9.65. The first-order valence-electron chi connectivity index (χ1n) is 8.45. The predicted molar refractivity (Wildman–Crippen MR) is 91.6 cm³/mol. The minimum absolute atomic E-state index is 0.0753. The summed E-state index contributed by atoms with van der Waals surface area (Å²) in [6, 6.07) is 4.84. The molecular formula is C18H26N2O5. The Morgan fingerprint density at radius 1 is 1.40 bits per heavy atom. The van der Waals surface area contributed by atoms with E-state index in [1.807, 2.05) is 20.8 Å². The smallest absolute Gasteiger partial charge is 0.330 e. The lowest BCUT2D eigenvalue weighted by molar-refractivity contribution is -0.190. The molecular weight excluding hydrogens is 324 g/mol. The van der Waals surface area contributed by atoms with Crippen LogP contribution in [0.5, 0.6) is 5.88 Å². The molecule has 1 aromatic heterocycles. The molecule has 1 aliphatic rings. The molecule has 1 fully saturated rings. The molecule has 138 valence electrons. The van der Waals surface area contributed by atoms with Crippen LogP contribution in [0.4, 0.5) is 0 Å². The van der Waals surface area contributed by atoms with Gasteiger partial charge in [0.15, 0.2) is 0 Å². The number of carbonyl (C=O) groups is 2. The zero-order valence-electron chi connectivity index (χ0n) is 15.3. The molecule has 0 saturated heterocycles. The number of ether oxygens (including phenoxy) is 2. The Morgan fingerprint density at radius 2 is 2.08 bits per heavy atom. The molecule has 1 aliphatic carbocycles. The Morgan fingerprint density at radius 3 is 2.60 bits per heavy atom. The molecule has 1 amide bonds. The van der Waals surface area contributed by atoms with Crippen molar-refractivity contribution in [2.75, 3.05) is 6.61 Å². The second-order valence-corrected chi connectivity index (χ2v) is 7.06. The number of hydrogen-bond donors (Lipinski definition) is 2. The number of carboxylic acids is 1. The lowest BCUT2D eigenvalue weighted by Gasteiger charge is -2.58. The van der Waals surface area contributed by atoms with Crippen LogP contribution in [-0.2, 0) is 9.53 Å². The third kappa shape index (κ3) is 3.46. The van der Waals surface area contributed by atoms with Gasteiger partial charge in [0.05, 0.1) is 12.2 Å². The number of pyridine rings is 1. The summed E-state index contributed by atoms with van der Waals surface area (Å²) in [4.78, 5) is 28.7. The Bertz CT molecular complexity index is 659. The molecule has 1 heterocycles. The highest BCUT2D eigenvalue weighted by atomic mass is 16.5. The van der Waals surface area contributed by atoms with Gasteiger partial charge in [-0.3, -0.25) is 4.79 Å². The van der Waals surface area contributed by atoms with Crippen LogP contribution >= 0.6 is 0 Å². The average molecular weight is 350 g/mol. The van der Waals surface area contributed by atoms with Gasteiger partial charge in [0.25, 0.3) is 5.91 Å². The first-order chi connectivity index (χ1) is 11.6. The molecule has 0 radical (unpaired) electrons. The Balaban J connectivity index is 2.21. The van der Waals surface area contributed by atoms with E-state index in [4.69, 9.17) is 9.47 Å². The molecule has 7 nitrogen and oxygen atoms in total. The van der Waals surface area contributed by atoms with E-state index in [-0.39, 0.29) is 24.3 Å². The van der Waals surface area contributed by atoms with Crippen molar-refractivity contribution in [1.29, 1.82) is 0 Å². The monoisotopic (exact) mass is 350 g/mol. The molecule has 0 aliphatic heterocycles. The van der Waals surface area contributed by atoms with Crippen LogP contribution in [0.1, 0.15) is 51.5 Å². The number of hydrogen-bond acceptors (Lipinski definition) is 5. The van der Waals surface area contributed by atoms with E-state index in [9.17, 15) is 14.7 Å². The highest BCUT2D eigenvalue weighted by molar-refractivity contribution is 5.97. The van der Waals surface area contributed by atoms with Crippen LogP contribution in [-0.4, -0.2) is 46.3 Å². The summed E-state index contributed by atoms with van der Waals surface area (Å²) in [7, 11) is 0. The molecule has 0 aromatic carbocycles. The standard InChI is InChI=1S/C18H26N2O5/c1-6-24-13-10-18(16(22)23,17(13,4)5)20-15(21)12-8-7-9-14(19-12)25-11(2)3/h7-9,11,13H,6,10H2,1-5H3,(H,20,21)(H,22,23). The van der Waals surface area contributed by atoms with Crippen molar-refractivity contribution in [2.45, 2.75) is 58.8 Å². The van der Waals surface area contributed by atoms with Crippen molar-refractivity contribution >= 4 is 11.9 Å². The van der Waals surface area contributed by atoms with Gasteiger partial charge in [-0.25, -0.2) is 9.78 Å². The number of carbonyl (C=O) groups excluding carboxylic acids is 1. The van der Waals surface area contributed by atoms with Gasteiger partial charge in [0.2, 0.25) is 5.88 Å². The van der Waals surface area contributed by atoms with E-state index in [1.165, 1.54) is 6.07 Å². The van der Waals surface area contributed by atoms with Gasteiger partial charge in [-0.15, -0.1) is 0 Å². The first-order valence-corrected chi connectivity index (χ1v) is 8.45. The van der Waals surface area contributed by atoms with E-state index in [1.54, 1.807) is 26.0 Å². The molecule has 1 aromatic rings. The van der Waals surface area contributed by atoms with Crippen LogP contribution in [0.2, 0.25) is 0 Å². The maximum atomic E-state index is 12.6. The zero-order chi connectivity index (χ0) is 18.8. The van der Waals surface area contributed by atoms with Gasteiger partial charge >= 0.3 is 5.97 Å². The predicted octanol–water partition coefficient (Wildman–Crippen LogP) is 2.26. The Hall–Kier alpha value is -2.15. The number of aliphatic carboxylic acids is 1. The largest absolute Gasteiger partial charge is 0.479 e. The van der Waals surface area contributed by atoms with Crippen LogP contribution in [0.25, 0.3) is 0 Å². The number of aromatic nitrogens is 1. The summed E-state index contributed by atoms with van der Waals surface area (Å²) in [5.74, 6) is -1.29. The summed E-state index contributed by atoms with van der Waals surface area (Å²) in [5, 5.41) is 12.4. The van der Waals surface area contributed by atoms with E-state index in [0.717, 1.165) is 0 Å². The van der Waals surface area contributed by atoms with E-state index in [2.05, 4.69) is 10.3 Å². The zero-order valence-corrected chi connectivity index (χ0v) is 15.3. The van der Waals surface area contributed by atoms with Gasteiger partial charge in [-0.05, 0) is 26.8 Å². The summed E-state index contributed by atoms with van der Waals surface area (Å²) in [6.07, 6.45) is -0.0805.